The molecular formula is C19H13N. The summed E-state index contributed by atoms with van der Waals surface area (Å²) >= 11 is 0. The van der Waals surface area contributed by atoms with Gasteiger partial charge in [0.1, 0.15) is 0 Å². The number of hydrogen-bond acceptors (Lipinski definition) is 1. The van der Waals surface area contributed by atoms with Crippen LogP contribution in [0.3, 0.4) is 0 Å². The molecular weight excluding hydrogens is 242 g/mol. The fourth-order valence-electron chi connectivity index (χ4n) is 2.42. The summed E-state index contributed by atoms with van der Waals surface area (Å²) in [6.07, 6.45) is 0. The van der Waals surface area contributed by atoms with Gasteiger partial charge in [-0.15, -0.1) is 0 Å². The molecule has 3 rings (SSSR count). The van der Waals surface area contributed by atoms with Crippen molar-refractivity contribution in [1.82, 2.24) is 0 Å². The van der Waals surface area contributed by atoms with Gasteiger partial charge in [-0.1, -0.05) is 72.8 Å². The minimum atomic E-state index is 0.706. The summed E-state index contributed by atoms with van der Waals surface area (Å²) in [5, 5.41) is 9.40. The van der Waals surface area contributed by atoms with E-state index in [9.17, 15) is 5.26 Å². The van der Waals surface area contributed by atoms with Gasteiger partial charge in [0.25, 0.3) is 0 Å². The highest BCUT2D eigenvalue weighted by molar-refractivity contribution is 5.87. The van der Waals surface area contributed by atoms with Crippen molar-refractivity contribution in [1.29, 1.82) is 5.26 Å². The molecule has 0 N–H and O–H groups in total. The SMILES string of the molecule is N#Cc1cccc(-c2ccccc2)c1-c1ccccc1. The lowest BCUT2D eigenvalue weighted by Crippen LogP contribution is -1.89. The third-order valence-electron chi connectivity index (χ3n) is 3.33. The fourth-order valence-corrected chi connectivity index (χ4v) is 2.42. The summed E-state index contributed by atoms with van der Waals surface area (Å²) in [4.78, 5) is 0. The van der Waals surface area contributed by atoms with Crippen molar-refractivity contribution in [2.75, 3.05) is 0 Å². The van der Waals surface area contributed by atoms with Crippen LogP contribution in [0.4, 0.5) is 0 Å². The molecule has 0 bridgehead atoms. The Morgan fingerprint density at radius 3 is 1.80 bits per heavy atom. The van der Waals surface area contributed by atoms with E-state index in [-0.39, 0.29) is 0 Å². The molecule has 0 aromatic heterocycles. The molecule has 0 atom stereocenters. The van der Waals surface area contributed by atoms with Crippen LogP contribution in [-0.2, 0) is 0 Å². The van der Waals surface area contributed by atoms with Crippen molar-refractivity contribution in [2.45, 2.75) is 0 Å². The van der Waals surface area contributed by atoms with Crippen LogP contribution in [0.15, 0.2) is 78.9 Å². The summed E-state index contributed by atoms with van der Waals surface area (Å²) in [5.41, 5.74) is 5.00. The summed E-state index contributed by atoms with van der Waals surface area (Å²) in [6, 6.07) is 28.4. The highest BCUT2D eigenvalue weighted by Crippen LogP contribution is 2.34. The largest absolute Gasteiger partial charge is 0.192 e. The monoisotopic (exact) mass is 255 g/mol. The molecule has 3 aromatic carbocycles. The van der Waals surface area contributed by atoms with E-state index in [0.29, 0.717) is 5.56 Å². The third kappa shape index (κ3) is 2.20. The van der Waals surface area contributed by atoms with Crippen molar-refractivity contribution in [3.63, 3.8) is 0 Å². The Morgan fingerprint density at radius 1 is 0.600 bits per heavy atom. The summed E-state index contributed by atoms with van der Waals surface area (Å²) < 4.78 is 0. The Bertz CT molecular complexity index is 753. The van der Waals surface area contributed by atoms with E-state index in [2.05, 4.69) is 24.3 Å². The maximum Gasteiger partial charge on any atom is 0.0998 e. The molecule has 0 fully saturated rings. The Morgan fingerprint density at radius 2 is 1.20 bits per heavy atom. The third-order valence-corrected chi connectivity index (χ3v) is 3.33. The molecule has 1 heteroatoms. The summed E-state index contributed by atoms with van der Waals surface area (Å²) in [7, 11) is 0. The average molecular weight is 255 g/mol. The Balaban J connectivity index is 2.30. The standard InChI is InChI=1S/C19H13N/c20-14-17-12-7-13-18(15-8-3-1-4-9-15)19(17)16-10-5-2-6-11-16/h1-13H. The first-order valence-electron chi connectivity index (χ1n) is 6.54. The molecule has 0 aliphatic carbocycles. The highest BCUT2D eigenvalue weighted by atomic mass is 14.3. The van der Waals surface area contributed by atoms with Crippen LogP contribution in [0.5, 0.6) is 0 Å². The van der Waals surface area contributed by atoms with Crippen molar-refractivity contribution in [3.05, 3.63) is 84.4 Å². The van der Waals surface area contributed by atoms with Crippen molar-refractivity contribution in [2.24, 2.45) is 0 Å². The zero-order valence-electron chi connectivity index (χ0n) is 11.0. The quantitative estimate of drug-likeness (QED) is 0.639. The minimum absolute atomic E-state index is 0.706. The van der Waals surface area contributed by atoms with E-state index in [4.69, 9.17) is 0 Å². The molecule has 0 heterocycles. The van der Waals surface area contributed by atoms with Crippen LogP contribution in [0.2, 0.25) is 0 Å². The van der Waals surface area contributed by atoms with Gasteiger partial charge in [0, 0.05) is 5.56 Å². The van der Waals surface area contributed by atoms with Crippen molar-refractivity contribution in [3.8, 4) is 28.3 Å². The molecule has 0 aliphatic rings. The minimum Gasteiger partial charge on any atom is -0.192 e. The fraction of sp³-hybridized carbons (Fsp3) is 0. The van der Waals surface area contributed by atoms with Crippen LogP contribution >= 0.6 is 0 Å². The van der Waals surface area contributed by atoms with Crippen LogP contribution in [0.1, 0.15) is 5.56 Å². The Hall–Kier alpha value is -2.85. The van der Waals surface area contributed by atoms with E-state index in [0.717, 1.165) is 22.3 Å². The van der Waals surface area contributed by atoms with Gasteiger partial charge in [-0.3, -0.25) is 0 Å². The van der Waals surface area contributed by atoms with Crippen LogP contribution in [0.25, 0.3) is 22.3 Å². The molecule has 0 spiro atoms. The molecule has 94 valence electrons. The molecule has 0 saturated carbocycles. The van der Waals surface area contributed by atoms with Crippen LogP contribution in [0, 0.1) is 11.3 Å². The maximum absolute atomic E-state index is 9.40. The van der Waals surface area contributed by atoms with Gasteiger partial charge >= 0.3 is 0 Å². The molecule has 0 unspecified atom stereocenters. The van der Waals surface area contributed by atoms with E-state index in [1.807, 2.05) is 60.7 Å². The highest BCUT2D eigenvalue weighted by Gasteiger charge is 2.11. The number of benzene rings is 3. The van der Waals surface area contributed by atoms with Crippen molar-refractivity contribution < 1.29 is 0 Å². The summed E-state index contributed by atoms with van der Waals surface area (Å²) in [6.45, 7) is 0. The first-order valence-corrected chi connectivity index (χ1v) is 6.54. The zero-order chi connectivity index (χ0) is 13.8. The smallest absolute Gasteiger partial charge is 0.0998 e. The molecule has 0 aliphatic heterocycles. The summed E-state index contributed by atoms with van der Waals surface area (Å²) in [5.74, 6) is 0. The van der Waals surface area contributed by atoms with Gasteiger partial charge in [-0.2, -0.15) is 5.26 Å². The van der Waals surface area contributed by atoms with E-state index >= 15 is 0 Å². The molecule has 0 saturated heterocycles. The second-order valence-corrected chi connectivity index (χ2v) is 4.57. The number of hydrogen-bond donors (Lipinski definition) is 0. The number of nitriles is 1. The van der Waals surface area contributed by atoms with Crippen LogP contribution < -0.4 is 0 Å². The van der Waals surface area contributed by atoms with Gasteiger partial charge in [-0.05, 0) is 22.8 Å². The maximum atomic E-state index is 9.40. The second kappa shape index (κ2) is 5.42. The van der Waals surface area contributed by atoms with Gasteiger partial charge in [-0.25, -0.2) is 0 Å². The van der Waals surface area contributed by atoms with Gasteiger partial charge in [0.05, 0.1) is 11.6 Å². The first kappa shape index (κ1) is 12.2. The lowest BCUT2D eigenvalue weighted by Gasteiger charge is -2.12. The van der Waals surface area contributed by atoms with Crippen LogP contribution in [-0.4, -0.2) is 0 Å². The molecule has 0 radical (unpaired) electrons. The second-order valence-electron chi connectivity index (χ2n) is 4.57. The predicted molar refractivity (Wildman–Crippen MR) is 82.0 cm³/mol. The average Bonchev–Trinajstić information content (AvgIpc) is 2.55. The van der Waals surface area contributed by atoms with Crippen molar-refractivity contribution >= 4 is 0 Å². The van der Waals surface area contributed by atoms with E-state index in [1.165, 1.54) is 0 Å². The van der Waals surface area contributed by atoms with E-state index < -0.39 is 0 Å². The lowest BCUT2D eigenvalue weighted by atomic mass is 9.91. The first-order chi connectivity index (χ1) is 9.90. The predicted octanol–water partition coefficient (Wildman–Crippen LogP) is 4.89. The molecule has 0 amide bonds. The molecule has 1 nitrogen and oxygen atoms in total. The zero-order valence-corrected chi connectivity index (χ0v) is 11.0. The van der Waals surface area contributed by atoms with Gasteiger partial charge in [0.2, 0.25) is 0 Å². The molecule has 3 aromatic rings. The van der Waals surface area contributed by atoms with Gasteiger partial charge < -0.3 is 0 Å². The Labute approximate surface area is 118 Å². The molecule has 20 heavy (non-hydrogen) atoms. The lowest BCUT2D eigenvalue weighted by molar-refractivity contribution is 1.47. The van der Waals surface area contributed by atoms with Gasteiger partial charge in [0.15, 0.2) is 0 Å². The topological polar surface area (TPSA) is 23.8 Å². The Kier molecular flexibility index (Phi) is 3.31. The van der Waals surface area contributed by atoms with E-state index in [1.54, 1.807) is 0 Å². The number of nitrogens with zero attached hydrogens (tertiary/aromatic N) is 1. The number of rotatable bonds is 2. The normalized spacial score (nSPS) is 9.95.